The molecule has 0 bridgehead atoms. The third kappa shape index (κ3) is 7.06. The summed E-state index contributed by atoms with van der Waals surface area (Å²) in [5.74, 6) is 0. The van der Waals surface area contributed by atoms with Crippen molar-refractivity contribution in [2.75, 3.05) is 9.80 Å². The van der Waals surface area contributed by atoms with Crippen LogP contribution in [0.4, 0.5) is 34.1 Å². The molecule has 10 aromatic carbocycles. The van der Waals surface area contributed by atoms with Crippen LogP contribution in [0, 0.1) is 36.5 Å². The SMILES string of the molecule is CCc1cc(N(c2ccc(C#N)cc2)c2cc(C)cc(-c3ccccc3)c2)c2ccc3c(CC)cc(N(c4ccc(C#N)cc4)c4cc(C)cc(-c5ccccc5)c4)c4ccc1c2c34. The first kappa shape index (κ1) is 39.9. The summed E-state index contributed by atoms with van der Waals surface area (Å²) in [5.41, 5.74) is 17.0. The van der Waals surface area contributed by atoms with E-state index in [1.54, 1.807) is 0 Å². The molecule has 0 saturated heterocycles. The Hall–Kier alpha value is -8.18. The maximum absolute atomic E-state index is 9.84. The number of nitriles is 2. The van der Waals surface area contributed by atoms with Gasteiger partial charge in [0.1, 0.15) is 0 Å². The van der Waals surface area contributed by atoms with E-state index in [9.17, 15) is 10.5 Å². The standard InChI is InChI=1S/C60H46N4/c1-5-43-35-57(63(49-21-17-41(37-61)18-22-49)51-31-39(3)29-47(33-51)45-13-9-7-10-14-45)55-28-26-54-44(6-2)36-58(56-27-25-53(43)59(55)60(54)56)64(50-23-19-42(38-62)20-24-50)52-32-40(4)30-48(34-52)46-15-11-8-12-16-46/h7-36H,5-6H2,1-4H3. The minimum Gasteiger partial charge on any atom is -0.310 e. The number of aryl methyl sites for hydroxylation is 4. The average molecular weight is 823 g/mol. The fourth-order valence-corrected chi connectivity index (χ4v) is 9.66. The van der Waals surface area contributed by atoms with Crippen LogP contribution in [0.2, 0.25) is 0 Å². The third-order valence-corrected chi connectivity index (χ3v) is 12.6. The number of hydrogen-bond acceptors (Lipinski definition) is 4. The van der Waals surface area contributed by atoms with E-state index in [1.807, 2.05) is 24.3 Å². The van der Waals surface area contributed by atoms with Gasteiger partial charge in [-0.1, -0.05) is 111 Å². The van der Waals surface area contributed by atoms with Gasteiger partial charge in [-0.05, 0) is 178 Å². The van der Waals surface area contributed by atoms with Gasteiger partial charge in [-0.3, -0.25) is 0 Å². The summed E-state index contributed by atoms with van der Waals surface area (Å²) in [6.07, 6.45) is 1.70. The Morgan fingerprint density at radius 2 is 0.750 bits per heavy atom. The number of hydrogen-bond donors (Lipinski definition) is 0. The molecule has 4 heteroatoms. The molecule has 0 unspecified atom stereocenters. The van der Waals surface area contributed by atoms with Gasteiger partial charge < -0.3 is 9.80 Å². The molecule has 10 rings (SSSR count). The second kappa shape index (κ2) is 16.6. The lowest BCUT2D eigenvalue weighted by Gasteiger charge is -2.31. The van der Waals surface area contributed by atoms with Crippen LogP contribution in [0.15, 0.2) is 182 Å². The zero-order valence-electron chi connectivity index (χ0n) is 36.5. The Bertz CT molecular complexity index is 3200. The molecule has 4 nitrogen and oxygen atoms in total. The van der Waals surface area contributed by atoms with E-state index in [0.717, 1.165) is 91.1 Å². The van der Waals surface area contributed by atoms with E-state index >= 15 is 0 Å². The van der Waals surface area contributed by atoms with Crippen molar-refractivity contribution in [1.29, 1.82) is 10.5 Å². The van der Waals surface area contributed by atoms with Gasteiger partial charge in [-0.15, -0.1) is 0 Å². The number of anilines is 6. The lowest BCUT2D eigenvalue weighted by atomic mass is 9.86. The van der Waals surface area contributed by atoms with Crippen molar-refractivity contribution < 1.29 is 0 Å². The Balaban J connectivity index is 1.28. The van der Waals surface area contributed by atoms with E-state index in [1.165, 1.54) is 32.7 Å². The second-order valence-corrected chi connectivity index (χ2v) is 16.7. The predicted octanol–water partition coefficient (Wildman–Crippen LogP) is 16.3. The minimum atomic E-state index is 0.624. The zero-order chi connectivity index (χ0) is 43.9. The molecule has 0 amide bonds. The van der Waals surface area contributed by atoms with Crippen LogP contribution >= 0.6 is 0 Å². The topological polar surface area (TPSA) is 54.1 Å². The highest BCUT2D eigenvalue weighted by Gasteiger charge is 2.25. The van der Waals surface area contributed by atoms with Crippen molar-refractivity contribution in [3.05, 3.63) is 215 Å². The van der Waals surface area contributed by atoms with Gasteiger partial charge in [0, 0.05) is 33.5 Å². The maximum atomic E-state index is 9.84. The molecule has 0 aliphatic carbocycles. The average Bonchev–Trinajstić information content (AvgIpc) is 3.34. The van der Waals surface area contributed by atoms with Crippen LogP contribution in [0.5, 0.6) is 0 Å². The van der Waals surface area contributed by atoms with Crippen molar-refractivity contribution in [3.8, 4) is 34.4 Å². The van der Waals surface area contributed by atoms with E-state index in [4.69, 9.17) is 0 Å². The maximum Gasteiger partial charge on any atom is 0.0991 e. The number of nitrogens with zero attached hydrogens (tertiary/aromatic N) is 4. The summed E-state index contributed by atoms with van der Waals surface area (Å²) in [6, 6.07) is 69.4. The minimum absolute atomic E-state index is 0.624. The van der Waals surface area contributed by atoms with Crippen LogP contribution in [0.3, 0.4) is 0 Å². The molecule has 0 aliphatic rings. The van der Waals surface area contributed by atoms with Gasteiger partial charge in [0.05, 0.1) is 34.6 Å². The molecular weight excluding hydrogens is 777 g/mol. The molecular formula is C60H46N4. The molecule has 306 valence electrons. The smallest absolute Gasteiger partial charge is 0.0991 e. The predicted molar refractivity (Wildman–Crippen MR) is 268 cm³/mol. The molecule has 64 heavy (non-hydrogen) atoms. The molecule has 0 aromatic heterocycles. The Kier molecular flexibility index (Phi) is 10.4. The lowest BCUT2D eigenvalue weighted by molar-refractivity contribution is 1.15. The molecule has 0 N–H and O–H groups in total. The monoisotopic (exact) mass is 822 g/mol. The van der Waals surface area contributed by atoms with Crippen molar-refractivity contribution in [2.45, 2.75) is 40.5 Å². The van der Waals surface area contributed by atoms with Crippen LogP contribution in [0.25, 0.3) is 54.6 Å². The molecule has 0 aliphatic heterocycles. The van der Waals surface area contributed by atoms with Crippen LogP contribution in [-0.2, 0) is 12.8 Å². The van der Waals surface area contributed by atoms with Crippen LogP contribution in [0.1, 0.15) is 47.2 Å². The van der Waals surface area contributed by atoms with Gasteiger partial charge >= 0.3 is 0 Å². The first-order valence-electron chi connectivity index (χ1n) is 22.1. The van der Waals surface area contributed by atoms with Crippen molar-refractivity contribution in [2.24, 2.45) is 0 Å². The highest BCUT2D eigenvalue weighted by molar-refractivity contribution is 6.29. The molecule has 10 aromatic rings. The summed E-state index contributed by atoms with van der Waals surface area (Å²) in [7, 11) is 0. The quantitative estimate of drug-likeness (QED) is 0.129. The molecule has 0 radical (unpaired) electrons. The van der Waals surface area contributed by atoms with Crippen LogP contribution in [-0.4, -0.2) is 0 Å². The van der Waals surface area contributed by atoms with Gasteiger partial charge in [0.15, 0.2) is 0 Å². The Morgan fingerprint density at radius 1 is 0.375 bits per heavy atom. The highest BCUT2D eigenvalue weighted by atomic mass is 15.2. The molecule has 0 fully saturated rings. The largest absolute Gasteiger partial charge is 0.310 e. The fourth-order valence-electron chi connectivity index (χ4n) is 9.66. The number of rotatable bonds is 10. The summed E-state index contributed by atoms with van der Waals surface area (Å²) in [6.45, 7) is 8.83. The molecule has 0 atom stereocenters. The molecule has 0 spiro atoms. The van der Waals surface area contributed by atoms with Gasteiger partial charge in [-0.2, -0.15) is 10.5 Å². The van der Waals surface area contributed by atoms with Crippen molar-refractivity contribution in [3.63, 3.8) is 0 Å². The third-order valence-electron chi connectivity index (χ3n) is 12.6. The molecule has 0 heterocycles. The number of benzene rings is 10. The normalized spacial score (nSPS) is 11.2. The summed E-state index contributed by atoms with van der Waals surface area (Å²) < 4.78 is 0. The first-order valence-corrected chi connectivity index (χ1v) is 22.1. The first-order chi connectivity index (χ1) is 31.3. The van der Waals surface area contributed by atoms with Crippen molar-refractivity contribution >= 4 is 66.4 Å². The Morgan fingerprint density at radius 3 is 1.11 bits per heavy atom. The van der Waals surface area contributed by atoms with Gasteiger partial charge in [-0.25, -0.2) is 0 Å². The second-order valence-electron chi connectivity index (χ2n) is 16.7. The highest BCUT2D eigenvalue weighted by Crippen LogP contribution is 2.50. The van der Waals surface area contributed by atoms with Crippen molar-refractivity contribution in [1.82, 2.24) is 0 Å². The summed E-state index contributed by atoms with van der Waals surface area (Å²) in [4.78, 5) is 4.77. The summed E-state index contributed by atoms with van der Waals surface area (Å²) >= 11 is 0. The summed E-state index contributed by atoms with van der Waals surface area (Å²) in [5, 5.41) is 27.0. The van der Waals surface area contributed by atoms with Gasteiger partial charge in [0.2, 0.25) is 0 Å². The van der Waals surface area contributed by atoms with Crippen LogP contribution < -0.4 is 9.80 Å². The zero-order valence-corrected chi connectivity index (χ0v) is 36.5. The molecule has 0 saturated carbocycles. The van der Waals surface area contributed by atoms with E-state index in [-0.39, 0.29) is 0 Å². The van der Waals surface area contributed by atoms with E-state index in [0.29, 0.717) is 11.1 Å². The van der Waals surface area contributed by atoms with E-state index in [2.05, 4.69) is 207 Å². The Labute approximate surface area is 375 Å². The fraction of sp³-hybridized carbons (Fsp3) is 0.100. The lowest BCUT2D eigenvalue weighted by Crippen LogP contribution is -2.13. The van der Waals surface area contributed by atoms with Gasteiger partial charge in [0.25, 0.3) is 0 Å². The van der Waals surface area contributed by atoms with E-state index < -0.39 is 0 Å².